The minimum atomic E-state index is -0.508. The van der Waals surface area contributed by atoms with Gasteiger partial charge in [-0.05, 0) is 20.8 Å². The average Bonchev–Trinajstić information content (AvgIpc) is 2.57. The van der Waals surface area contributed by atoms with Crippen molar-refractivity contribution in [2.24, 2.45) is 0 Å². The van der Waals surface area contributed by atoms with Crippen molar-refractivity contribution in [2.75, 3.05) is 11.9 Å². The van der Waals surface area contributed by atoms with Gasteiger partial charge in [0, 0.05) is 6.54 Å². The van der Waals surface area contributed by atoms with Crippen LogP contribution in [-0.4, -0.2) is 33.1 Å². The van der Waals surface area contributed by atoms with Crippen molar-refractivity contribution in [3.05, 3.63) is 5.69 Å². The van der Waals surface area contributed by atoms with Crippen LogP contribution in [-0.2, 0) is 11.3 Å². The maximum absolute atomic E-state index is 11.7. The molecule has 0 radical (unpaired) electrons. The predicted molar refractivity (Wildman–Crippen MR) is 53.7 cm³/mol. The molecule has 6 heteroatoms. The lowest BCUT2D eigenvalue weighted by molar-refractivity contribution is 0.00640. The molecule has 0 amide bonds. The molecule has 6 nitrogen and oxygen atoms in total. The normalized spacial score (nSPS) is 14.6. The van der Waals surface area contributed by atoms with Crippen LogP contribution in [0.15, 0.2) is 0 Å². The molecule has 0 spiro atoms. The summed E-state index contributed by atoms with van der Waals surface area (Å²) < 4.78 is 6.88. The lowest BCUT2D eigenvalue weighted by Gasteiger charge is -2.18. The fourth-order valence-corrected chi connectivity index (χ4v) is 1.39. The third-order valence-corrected chi connectivity index (χ3v) is 1.94. The minimum absolute atomic E-state index is 0.266. The third kappa shape index (κ3) is 1.93. The molecule has 1 aliphatic rings. The first-order chi connectivity index (χ1) is 6.97. The SMILES string of the molecule is CC(C)(C)OC(=O)c1nnn2c1NCC2. The number of nitrogens with zero attached hydrogens (tertiary/aromatic N) is 3. The Morgan fingerprint density at radius 1 is 1.53 bits per heavy atom. The molecule has 1 aromatic heterocycles. The van der Waals surface area contributed by atoms with Gasteiger partial charge in [-0.1, -0.05) is 5.21 Å². The van der Waals surface area contributed by atoms with Gasteiger partial charge < -0.3 is 10.1 Å². The van der Waals surface area contributed by atoms with Crippen LogP contribution in [0.3, 0.4) is 0 Å². The van der Waals surface area contributed by atoms with Crippen molar-refractivity contribution in [2.45, 2.75) is 32.9 Å². The van der Waals surface area contributed by atoms with Crippen molar-refractivity contribution < 1.29 is 9.53 Å². The Labute approximate surface area is 87.6 Å². The summed E-state index contributed by atoms with van der Waals surface area (Å²) in [5, 5.41) is 10.7. The van der Waals surface area contributed by atoms with Gasteiger partial charge in [-0.15, -0.1) is 5.10 Å². The molecule has 0 aliphatic carbocycles. The van der Waals surface area contributed by atoms with Crippen LogP contribution < -0.4 is 5.32 Å². The number of anilines is 1. The van der Waals surface area contributed by atoms with E-state index in [1.165, 1.54) is 0 Å². The highest BCUT2D eigenvalue weighted by Gasteiger charge is 2.27. The number of aromatic nitrogens is 3. The standard InChI is InChI=1S/C9H14N4O2/c1-9(2,3)15-8(14)6-7-10-4-5-13(7)12-11-6/h10H,4-5H2,1-3H3. The second-order valence-corrected chi connectivity index (χ2v) is 4.44. The first kappa shape index (κ1) is 9.95. The summed E-state index contributed by atoms with van der Waals surface area (Å²) in [6.07, 6.45) is 0. The minimum Gasteiger partial charge on any atom is -0.455 e. The second-order valence-electron chi connectivity index (χ2n) is 4.44. The Morgan fingerprint density at radius 2 is 2.27 bits per heavy atom. The number of carbonyl (C=O) groups is 1. The summed E-state index contributed by atoms with van der Waals surface area (Å²) in [5.74, 6) is 0.224. The molecule has 0 saturated heterocycles. The number of hydrogen-bond acceptors (Lipinski definition) is 5. The molecule has 0 bridgehead atoms. The van der Waals surface area contributed by atoms with Crippen LogP contribution in [0.4, 0.5) is 5.82 Å². The van der Waals surface area contributed by atoms with Crippen LogP contribution in [0, 0.1) is 0 Å². The van der Waals surface area contributed by atoms with Gasteiger partial charge in [0.1, 0.15) is 5.60 Å². The zero-order valence-corrected chi connectivity index (χ0v) is 9.07. The van der Waals surface area contributed by atoms with E-state index in [1.807, 2.05) is 20.8 Å². The highest BCUT2D eigenvalue weighted by molar-refractivity contribution is 5.92. The Kier molecular flexibility index (Phi) is 2.13. The van der Waals surface area contributed by atoms with Gasteiger partial charge in [0.2, 0.25) is 5.69 Å². The molecule has 0 aromatic carbocycles. The number of hydrogen-bond donors (Lipinski definition) is 1. The third-order valence-electron chi connectivity index (χ3n) is 1.94. The largest absolute Gasteiger partial charge is 0.455 e. The van der Waals surface area contributed by atoms with Crippen molar-refractivity contribution in [1.82, 2.24) is 15.0 Å². The molecule has 1 aliphatic heterocycles. The first-order valence-corrected chi connectivity index (χ1v) is 4.88. The van der Waals surface area contributed by atoms with E-state index >= 15 is 0 Å². The number of fused-ring (bicyclic) bond motifs is 1. The average molecular weight is 210 g/mol. The van der Waals surface area contributed by atoms with E-state index in [-0.39, 0.29) is 5.69 Å². The zero-order valence-electron chi connectivity index (χ0n) is 9.07. The maximum atomic E-state index is 11.7. The molecule has 15 heavy (non-hydrogen) atoms. The maximum Gasteiger partial charge on any atom is 0.363 e. The van der Waals surface area contributed by atoms with Gasteiger partial charge in [0.05, 0.1) is 6.54 Å². The summed E-state index contributed by atoms with van der Waals surface area (Å²) >= 11 is 0. The predicted octanol–water partition coefficient (Wildman–Crippen LogP) is 0.659. The van der Waals surface area contributed by atoms with Crippen LogP contribution in [0.1, 0.15) is 31.3 Å². The number of esters is 1. The molecule has 1 N–H and O–H groups in total. The topological polar surface area (TPSA) is 69.0 Å². The molecule has 82 valence electrons. The van der Waals surface area contributed by atoms with Gasteiger partial charge in [0.25, 0.3) is 0 Å². The summed E-state index contributed by atoms with van der Waals surface area (Å²) in [6, 6.07) is 0. The molecule has 0 atom stereocenters. The highest BCUT2D eigenvalue weighted by Crippen LogP contribution is 2.19. The van der Waals surface area contributed by atoms with Crippen LogP contribution in [0.25, 0.3) is 0 Å². The monoisotopic (exact) mass is 210 g/mol. The van der Waals surface area contributed by atoms with Crippen LogP contribution in [0.5, 0.6) is 0 Å². The van der Waals surface area contributed by atoms with E-state index in [1.54, 1.807) is 4.68 Å². The molecular formula is C9H14N4O2. The van der Waals surface area contributed by atoms with Gasteiger partial charge in [-0.2, -0.15) is 0 Å². The molecular weight excluding hydrogens is 196 g/mol. The Morgan fingerprint density at radius 3 is 2.93 bits per heavy atom. The van der Waals surface area contributed by atoms with Crippen LogP contribution in [0.2, 0.25) is 0 Å². The van der Waals surface area contributed by atoms with Crippen molar-refractivity contribution in [3.63, 3.8) is 0 Å². The van der Waals surface area contributed by atoms with E-state index in [4.69, 9.17) is 4.74 Å². The van der Waals surface area contributed by atoms with Crippen LogP contribution >= 0.6 is 0 Å². The smallest absolute Gasteiger partial charge is 0.363 e. The van der Waals surface area contributed by atoms with Gasteiger partial charge >= 0.3 is 5.97 Å². The lowest BCUT2D eigenvalue weighted by Crippen LogP contribution is -2.24. The van der Waals surface area contributed by atoms with E-state index < -0.39 is 11.6 Å². The summed E-state index contributed by atoms with van der Waals surface area (Å²) in [4.78, 5) is 11.7. The Bertz CT molecular complexity index is 391. The molecule has 0 saturated carbocycles. The zero-order chi connectivity index (χ0) is 11.1. The quantitative estimate of drug-likeness (QED) is 0.689. The first-order valence-electron chi connectivity index (χ1n) is 4.88. The van der Waals surface area contributed by atoms with Crippen molar-refractivity contribution >= 4 is 11.8 Å². The number of ether oxygens (including phenoxy) is 1. The van der Waals surface area contributed by atoms with E-state index in [0.717, 1.165) is 13.1 Å². The van der Waals surface area contributed by atoms with Crippen molar-refractivity contribution in [3.8, 4) is 0 Å². The lowest BCUT2D eigenvalue weighted by atomic mass is 10.2. The molecule has 0 unspecified atom stereocenters. The molecule has 0 fully saturated rings. The Hall–Kier alpha value is -1.59. The number of rotatable bonds is 1. The number of nitrogens with one attached hydrogen (secondary N) is 1. The molecule has 1 aromatic rings. The van der Waals surface area contributed by atoms with E-state index in [9.17, 15) is 4.79 Å². The van der Waals surface area contributed by atoms with Gasteiger partial charge in [-0.3, -0.25) is 0 Å². The van der Waals surface area contributed by atoms with E-state index in [2.05, 4.69) is 15.6 Å². The van der Waals surface area contributed by atoms with Gasteiger partial charge in [-0.25, -0.2) is 9.48 Å². The second kappa shape index (κ2) is 3.22. The van der Waals surface area contributed by atoms with Crippen molar-refractivity contribution in [1.29, 1.82) is 0 Å². The number of carbonyl (C=O) groups excluding carboxylic acids is 1. The fourth-order valence-electron chi connectivity index (χ4n) is 1.39. The summed E-state index contributed by atoms with van der Waals surface area (Å²) in [5.41, 5.74) is -0.242. The Balaban J connectivity index is 2.20. The van der Waals surface area contributed by atoms with Gasteiger partial charge in [0.15, 0.2) is 5.82 Å². The molecule has 2 rings (SSSR count). The van der Waals surface area contributed by atoms with E-state index in [0.29, 0.717) is 5.82 Å². The summed E-state index contributed by atoms with van der Waals surface area (Å²) in [7, 11) is 0. The highest BCUT2D eigenvalue weighted by atomic mass is 16.6. The summed E-state index contributed by atoms with van der Waals surface area (Å²) in [6.45, 7) is 6.98. The fraction of sp³-hybridized carbons (Fsp3) is 0.667. The molecule has 2 heterocycles.